The molecule has 2 aliphatic rings. The molecule has 0 atom stereocenters. The molecule has 1 aromatic carbocycles. The molecule has 0 bridgehead atoms. The van der Waals surface area contributed by atoms with Gasteiger partial charge in [0.05, 0.1) is 38.1 Å². The van der Waals surface area contributed by atoms with Crippen LogP contribution in [-0.2, 0) is 4.74 Å². The summed E-state index contributed by atoms with van der Waals surface area (Å²) in [5.41, 5.74) is 1.42. The van der Waals surface area contributed by atoms with Gasteiger partial charge in [0.1, 0.15) is 17.3 Å². The fourth-order valence-corrected chi connectivity index (χ4v) is 4.13. The van der Waals surface area contributed by atoms with Crippen LogP contribution in [0.1, 0.15) is 5.69 Å². The van der Waals surface area contributed by atoms with Crippen LogP contribution >= 0.6 is 11.6 Å². The molecule has 10 nitrogen and oxygen atoms in total. The number of hydrogen-bond acceptors (Lipinski definition) is 8. The molecule has 4 rings (SSSR count). The summed E-state index contributed by atoms with van der Waals surface area (Å²) in [5.74, 6) is 2.58. The van der Waals surface area contributed by atoms with Crippen LogP contribution in [0.4, 0.5) is 22.2 Å². The number of carbonyl (C=O) groups is 1. The monoisotopic (exact) mass is 476 g/mol. The number of benzene rings is 1. The second kappa shape index (κ2) is 10.3. The molecule has 2 aromatic rings. The van der Waals surface area contributed by atoms with Crippen molar-refractivity contribution in [3.8, 4) is 11.5 Å². The van der Waals surface area contributed by atoms with Gasteiger partial charge < -0.3 is 34.2 Å². The topological polar surface area (TPSA) is 92.3 Å². The smallest absolute Gasteiger partial charge is 0.322 e. The number of nitrogens with zero attached hydrogens (tertiary/aromatic N) is 5. The number of aromatic nitrogens is 2. The Morgan fingerprint density at radius 3 is 2.33 bits per heavy atom. The highest BCUT2D eigenvalue weighted by atomic mass is 35.5. The van der Waals surface area contributed by atoms with E-state index in [-0.39, 0.29) is 6.03 Å². The van der Waals surface area contributed by atoms with E-state index in [4.69, 9.17) is 30.8 Å². The van der Waals surface area contributed by atoms with Crippen LogP contribution in [0.5, 0.6) is 11.5 Å². The first-order valence-electron chi connectivity index (χ1n) is 10.9. The predicted octanol–water partition coefficient (Wildman–Crippen LogP) is 2.65. The number of rotatable bonds is 5. The molecule has 178 valence electrons. The zero-order chi connectivity index (χ0) is 23.4. The lowest BCUT2D eigenvalue weighted by Gasteiger charge is -2.36. The summed E-state index contributed by atoms with van der Waals surface area (Å²) in [4.78, 5) is 28.4. The maximum absolute atomic E-state index is 12.9. The zero-order valence-electron chi connectivity index (χ0n) is 19.1. The van der Waals surface area contributed by atoms with Gasteiger partial charge in [0.25, 0.3) is 0 Å². The van der Waals surface area contributed by atoms with Crippen LogP contribution in [-0.4, -0.2) is 87.6 Å². The third kappa shape index (κ3) is 5.33. The van der Waals surface area contributed by atoms with E-state index in [9.17, 15) is 4.79 Å². The number of amides is 2. The first-order valence-corrected chi connectivity index (χ1v) is 11.3. The van der Waals surface area contributed by atoms with Gasteiger partial charge in [0.2, 0.25) is 5.95 Å². The molecule has 2 amide bonds. The standard InChI is InChI=1S/C22H29ClN6O4/c1-15-12-20(26-21(24-15)28-8-10-33-11-9-28)27-4-6-29(7-5-27)22(30)25-17-13-16(23)18(31-2)14-19(17)32-3/h12-14H,4-11H2,1-3H3,(H,25,30). The summed E-state index contributed by atoms with van der Waals surface area (Å²) >= 11 is 6.22. The molecule has 2 aliphatic heterocycles. The van der Waals surface area contributed by atoms with Crippen LogP contribution in [0.25, 0.3) is 0 Å². The largest absolute Gasteiger partial charge is 0.495 e. The van der Waals surface area contributed by atoms with E-state index in [1.54, 1.807) is 17.0 Å². The summed E-state index contributed by atoms with van der Waals surface area (Å²) in [6.45, 7) is 7.40. The predicted molar refractivity (Wildman–Crippen MR) is 127 cm³/mol. The van der Waals surface area contributed by atoms with E-state index < -0.39 is 0 Å². The lowest BCUT2D eigenvalue weighted by molar-refractivity contribution is 0.122. The molecule has 0 unspecified atom stereocenters. The molecule has 1 aromatic heterocycles. The number of carbonyl (C=O) groups excluding carboxylic acids is 1. The molecule has 33 heavy (non-hydrogen) atoms. The normalized spacial score (nSPS) is 16.5. The average molecular weight is 477 g/mol. The molecular weight excluding hydrogens is 448 g/mol. The van der Waals surface area contributed by atoms with Gasteiger partial charge in [0, 0.05) is 57.1 Å². The van der Waals surface area contributed by atoms with Crippen LogP contribution in [0, 0.1) is 6.92 Å². The van der Waals surface area contributed by atoms with Crippen molar-refractivity contribution in [3.63, 3.8) is 0 Å². The van der Waals surface area contributed by atoms with Crippen molar-refractivity contribution in [2.45, 2.75) is 6.92 Å². The average Bonchev–Trinajstić information content (AvgIpc) is 2.84. The molecule has 2 saturated heterocycles. The summed E-state index contributed by atoms with van der Waals surface area (Å²) in [6.07, 6.45) is 0. The lowest BCUT2D eigenvalue weighted by Crippen LogP contribution is -2.50. The summed E-state index contributed by atoms with van der Waals surface area (Å²) in [7, 11) is 3.06. The SMILES string of the molecule is COc1cc(OC)c(NC(=O)N2CCN(c3cc(C)nc(N4CCOCC4)n3)CC2)cc1Cl. The minimum Gasteiger partial charge on any atom is -0.495 e. The molecule has 2 fully saturated rings. The number of urea groups is 1. The number of halogens is 1. The highest BCUT2D eigenvalue weighted by Crippen LogP contribution is 2.36. The summed E-state index contributed by atoms with van der Waals surface area (Å²) < 4.78 is 16.0. The van der Waals surface area contributed by atoms with E-state index in [1.807, 2.05) is 13.0 Å². The van der Waals surface area contributed by atoms with Crippen molar-refractivity contribution in [3.05, 3.63) is 28.9 Å². The Balaban J connectivity index is 1.39. The first-order chi connectivity index (χ1) is 16.0. The molecule has 0 saturated carbocycles. The van der Waals surface area contributed by atoms with Crippen LogP contribution in [0.3, 0.4) is 0 Å². The van der Waals surface area contributed by atoms with Crippen molar-refractivity contribution in [1.29, 1.82) is 0 Å². The Morgan fingerprint density at radius 2 is 1.67 bits per heavy atom. The highest BCUT2D eigenvalue weighted by molar-refractivity contribution is 6.32. The fraction of sp³-hybridized carbons (Fsp3) is 0.500. The number of aryl methyl sites for hydroxylation is 1. The van der Waals surface area contributed by atoms with Crippen molar-refractivity contribution in [2.75, 3.05) is 81.8 Å². The minimum atomic E-state index is -0.206. The maximum Gasteiger partial charge on any atom is 0.322 e. The van der Waals surface area contributed by atoms with Crippen molar-refractivity contribution < 1.29 is 19.0 Å². The minimum absolute atomic E-state index is 0.206. The van der Waals surface area contributed by atoms with Crippen LogP contribution < -0.4 is 24.6 Å². The maximum atomic E-state index is 12.9. The number of methoxy groups -OCH3 is 2. The van der Waals surface area contributed by atoms with E-state index in [1.165, 1.54) is 14.2 Å². The Bertz CT molecular complexity index is 993. The number of anilines is 3. The number of nitrogens with one attached hydrogen (secondary N) is 1. The number of piperazine rings is 1. The van der Waals surface area contributed by atoms with Crippen molar-refractivity contribution in [1.82, 2.24) is 14.9 Å². The van der Waals surface area contributed by atoms with E-state index in [0.717, 1.165) is 30.5 Å². The summed E-state index contributed by atoms with van der Waals surface area (Å²) in [5, 5.41) is 3.30. The lowest BCUT2D eigenvalue weighted by atomic mass is 10.2. The number of hydrogen-bond donors (Lipinski definition) is 1. The molecule has 3 heterocycles. The molecule has 0 radical (unpaired) electrons. The molecule has 11 heteroatoms. The van der Waals surface area contributed by atoms with Gasteiger partial charge in [-0.25, -0.2) is 9.78 Å². The zero-order valence-corrected chi connectivity index (χ0v) is 19.9. The third-order valence-electron chi connectivity index (χ3n) is 5.73. The van der Waals surface area contributed by atoms with Crippen molar-refractivity contribution >= 4 is 35.1 Å². The van der Waals surface area contributed by atoms with Crippen molar-refractivity contribution in [2.24, 2.45) is 0 Å². The Morgan fingerprint density at radius 1 is 0.970 bits per heavy atom. The Hall–Kier alpha value is -2.98. The molecule has 0 aliphatic carbocycles. The van der Waals surface area contributed by atoms with Gasteiger partial charge in [-0.1, -0.05) is 11.6 Å². The molecule has 0 spiro atoms. The third-order valence-corrected chi connectivity index (χ3v) is 6.02. The van der Waals surface area contributed by atoms with E-state index in [0.29, 0.717) is 61.6 Å². The Labute approximate surface area is 198 Å². The van der Waals surface area contributed by atoms with Crippen LogP contribution in [0.2, 0.25) is 5.02 Å². The molecular formula is C22H29ClN6O4. The first kappa shape index (κ1) is 23.2. The van der Waals surface area contributed by atoms with Gasteiger partial charge in [-0.2, -0.15) is 4.98 Å². The van der Waals surface area contributed by atoms with Gasteiger partial charge in [-0.15, -0.1) is 0 Å². The van der Waals surface area contributed by atoms with Gasteiger partial charge in [-0.05, 0) is 13.0 Å². The van der Waals surface area contributed by atoms with E-state index >= 15 is 0 Å². The van der Waals surface area contributed by atoms with Gasteiger partial charge in [0.15, 0.2) is 0 Å². The Kier molecular flexibility index (Phi) is 7.24. The number of morpholine rings is 1. The quantitative estimate of drug-likeness (QED) is 0.704. The highest BCUT2D eigenvalue weighted by Gasteiger charge is 2.24. The van der Waals surface area contributed by atoms with Gasteiger partial charge in [-0.3, -0.25) is 0 Å². The van der Waals surface area contributed by atoms with Crippen LogP contribution in [0.15, 0.2) is 18.2 Å². The van der Waals surface area contributed by atoms with Gasteiger partial charge >= 0.3 is 6.03 Å². The number of ether oxygens (including phenoxy) is 3. The second-order valence-electron chi connectivity index (χ2n) is 7.86. The van der Waals surface area contributed by atoms with E-state index in [2.05, 4.69) is 20.1 Å². The summed E-state index contributed by atoms with van der Waals surface area (Å²) in [6, 6.07) is 5.06. The molecule has 1 N–H and O–H groups in total. The second-order valence-corrected chi connectivity index (χ2v) is 8.27. The fourth-order valence-electron chi connectivity index (χ4n) is 3.89.